The molecule has 138 valence electrons. The Labute approximate surface area is 163 Å². The van der Waals surface area contributed by atoms with E-state index < -0.39 is 0 Å². The third-order valence-corrected chi connectivity index (χ3v) is 5.15. The van der Waals surface area contributed by atoms with Crippen LogP contribution in [0.1, 0.15) is 12.5 Å². The topological polar surface area (TPSA) is 57.6 Å². The summed E-state index contributed by atoms with van der Waals surface area (Å²) < 4.78 is 0. The fraction of sp³-hybridized carbons (Fsp3) is 0.190. The van der Waals surface area contributed by atoms with E-state index in [1.54, 1.807) is 6.20 Å². The number of rotatable bonds is 6. The van der Waals surface area contributed by atoms with Gasteiger partial charge < -0.3 is 4.90 Å². The Bertz CT molecular complexity index is 962. The fourth-order valence-electron chi connectivity index (χ4n) is 2.58. The van der Waals surface area contributed by atoms with Crippen molar-refractivity contribution in [3.8, 4) is 0 Å². The highest BCUT2D eigenvalue weighted by molar-refractivity contribution is 8.00. The van der Waals surface area contributed by atoms with Crippen molar-refractivity contribution in [1.82, 2.24) is 10.4 Å². The standard InChI is InChI=1S/C21H22N4OS/c1-15(16-9-11-18(12-10-16)25(2)3)23-24-20(26)14-27-19-8-4-6-17-7-5-13-22-21(17)19/h4-13H,14H2,1-3H3,(H,24,26)/b23-15-. The van der Waals surface area contributed by atoms with Gasteiger partial charge in [-0.05, 0) is 36.8 Å². The average molecular weight is 379 g/mol. The molecule has 3 aromatic rings. The lowest BCUT2D eigenvalue weighted by molar-refractivity contribution is -0.118. The number of fused-ring (bicyclic) bond motifs is 1. The van der Waals surface area contributed by atoms with Crippen molar-refractivity contribution < 1.29 is 4.79 Å². The van der Waals surface area contributed by atoms with Crippen LogP contribution in [0.3, 0.4) is 0 Å². The zero-order valence-corrected chi connectivity index (χ0v) is 16.5. The van der Waals surface area contributed by atoms with Gasteiger partial charge in [-0.2, -0.15) is 5.10 Å². The molecule has 0 aliphatic heterocycles. The quantitative estimate of drug-likeness (QED) is 0.401. The van der Waals surface area contributed by atoms with Crippen LogP contribution in [0.2, 0.25) is 0 Å². The van der Waals surface area contributed by atoms with Crippen LogP contribution in [-0.4, -0.2) is 36.5 Å². The first-order valence-electron chi connectivity index (χ1n) is 8.62. The second-order valence-electron chi connectivity index (χ2n) is 6.29. The molecule has 27 heavy (non-hydrogen) atoms. The van der Waals surface area contributed by atoms with E-state index >= 15 is 0 Å². The van der Waals surface area contributed by atoms with Crippen LogP contribution in [0.15, 0.2) is 70.8 Å². The van der Waals surface area contributed by atoms with Gasteiger partial charge in [0.1, 0.15) is 0 Å². The largest absolute Gasteiger partial charge is 0.378 e. The molecule has 0 bridgehead atoms. The summed E-state index contributed by atoms with van der Waals surface area (Å²) in [6.45, 7) is 1.88. The van der Waals surface area contributed by atoms with Crippen LogP contribution in [0.5, 0.6) is 0 Å². The molecule has 0 atom stereocenters. The molecule has 0 unspecified atom stereocenters. The number of nitrogens with zero attached hydrogens (tertiary/aromatic N) is 3. The summed E-state index contributed by atoms with van der Waals surface area (Å²) in [4.78, 5) is 19.6. The third-order valence-electron chi connectivity index (χ3n) is 4.10. The van der Waals surface area contributed by atoms with E-state index in [9.17, 15) is 4.79 Å². The Morgan fingerprint density at radius 3 is 2.59 bits per heavy atom. The molecule has 1 amide bonds. The van der Waals surface area contributed by atoms with E-state index in [0.29, 0.717) is 0 Å². The van der Waals surface area contributed by atoms with Gasteiger partial charge in [0, 0.05) is 36.3 Å². The normalized spacial score (nSPS) is 11.4. The number of pyridine rings is 1. The highest BCUT2D eigenvalue weighted by atomic mass is 32.2. The Hall–Kier alpha value is -2.86. The average Bonchev–Trinajstić information content (AvgIpc) is 2.70. The van der Waals surface area contributed by atoms with E-state index in [0.717, 1.165) is 32.8 Å². The Morgan fingerprint density at radius 1 is 1.11 bits per heavy atom. The molecule has 0 saturated carbocycles. The van der Waals surface area contributed by atoms with Gasteiger partial charge in [0.25, 0.3) is 0 Å². The van der Waals surface area contributed by atoms with Crippen molar-refractivity contribution in [3.05, 3.63) is 66.4 Å². The first-order chi connectivity index (χ1) is 13.0. The van der Waals surface area contributed by atoms with Crippen LogP contribution in [0, 0.1) is 0 Å². The van der Waals surface area contributed by atoms with Crippen LogP contribution in [0.25, 0.3) is 10.9 Å². The van der Waals surface area contributed by atoms with Gasteiger partial charge in [0.15, 0.2) is 0 Å². The predicted octanol–water partition coefficient (Wildman–Crippen LogP) is 3.93. The molecule has 2 aromatic carbocycles. The van der Waals surface area contributed by atoms with Crippen molar-refractivity contribution in [2.24, 2.45) is 5.10 Å². The Kier molecular flexibility index (Phi) is 6.08. The number of nitrogens with one attached hydrogen (secondary N) is 1. The number of benzene rings is 2. The number of hydrogen-bond acceptors (Lipinski definition) is 5. The number of hydrazone groups is 1. The Balaban J connectivity index is 1.59. The Morgan fingerprint density at radius 2 is 1.85 bits per heavy atom. The van der Waals surface area contributed by atoms with Crippen molar-refractivity contribution in [2.75, 3.05) is 24.7 Å². The molecular weight excluding hydrogens is 356 g/mol. The summed E-state index contributed by atoms with van der Waals surface area (Å²) in [6.07, 6.45) is 1.77. The summed E-state index contributed by atoms with van der Waals surface area (Å²) in [5, 5.41) is 5.29. The van der Waals surface area contributed by atoms with Crippen molar-refractivity contribution >= 4 is 40.0 Å². The number of para-hydroxylation sites is 1. The highest BCUT2D eigenvalue weighted by Gasteiger charge is 2.07. The molecule has 3 rings (SSSR count). The minimum absolute atomic E-state index is 0.141. The number of aromatic nitrogens is 1. The highest BCUT2D eigenvalue weighted by Crippen LogP contribution is 2.25. The fourth-order valence-corrected chi connectivity index (χ4v) is 3.41. The SMILES string of the molecule is C/C(=N/NC(=O)CSc1cccc2cccnc12)c1ccc(N(C)C)cc1. The number of anilines is 1. The predicted molar refractivity (Wildman–Crippen MR) is 114 cm³/mol. The summed E-state index contributed by atoms with van der Waals surface area (Å²) in [5.74, 6) is 0.142. The first kappa shape index (κ1) is 18.9. The zero-order valence-electron chi connectivity index (χ0n) is 15.6. The monoisotopic (exact) mass is 378 g/mol. The first-order valence-corrected chi connectivity index (χ1v) is 9.60. The number of thioether (sulfide) groups is 1. The maximum absolute atomic E-state index is 12.2. The molecule has 1 N–H and O–H groups in total. The molecule has 1 heterocycles. The minimum Gasteiger partial charge on any atom is -0.378 e. The molecule has 0 fully saturated rings. The maximum atomic E-state index is 12.2. The summed E-state index contributed by atoms with van der Waals surface area (Å²) >= 11 is 1.46. The lowest BCUT2D eigenvalue weighted by Gasteiger charge is -2.12. The van der Waals surface area contributed by atoms with Crippen LogP contribution >= 0.6 is 11.8 Å². The van der Waals surface area contributed by atoms with Gasteiger partial charge in [-0.25, -0.2) is 5.43 Å². The van der Waals surface area contributed by atoms with E-state index in [1.165, 1.54) is 11.8 Å². The van der Waals surface area contributed by atoms with E-state index in [1.807, 2.05) is 80.5 Å². The van der Waals surface area contributed by atoms with Gasteiger partial charge in [-0.1, -0.05) is 30.3 Å². The van der Waals surface area contributed by atoms with Gasteiger partial charge in [0.05, 0.1) is 17.0 Å². The molecule has 1 aromatic heterocycles. The second-order valence-corrected chi connectivity index (χ2v) is 7.31. The van der Waals surface area contributed by atoms with Gasteiger partial charge in [-0.3, -0.25) is 9.78 Å². The summed E-state index contributed by atoms with van der Waals surface area (Å²) in [7, 11) is 4.00. The number of carbonyl (C=O) groups excluding carboxylic acids is 1. The van der Waals surface area contributed by atoms with E-state index in [4.69, 9.17) is 0 Å². The van der Waals surface area contributed by atoms with Crippen LogP contribution < -0.4 is 10.3 Å². The maximum Gasteiger partial charge on any atom is 0.250 e. The van der Waals surface area contributed by atoms with Crippen molar-refractivity contribution in [1.29, 1.82) is 0 Å². The number of carbonyl (C=O) groups is 1. The van der Waals surface area contributed by atoms with Gasteiger partial charge in [0.2, 0.25) is 5.91 Å². The second kappa shape index (κ2) is 8.68. The molecule has 0 aliphatic rings. The molecule has 0 radical (unpaired) electrons. The van der Waals surface area contributed by atoms with E-state index in [2.05, 4.69) is 15.5 Å². The summed E-state index contributed by atoms with van der Waals surface area (Å²) in [6, 6.07) is 17.9. The lowest BCUT2D eigenvalue weighted by atomic mass is 10.1. The third kappa shape index (κ3) is 4.86. The summed E-state index contributed by atoms with van der Waals surface area (Å²) in [5.41, 5.74) is 6.42. The van der Waals surface area contributed by atoms with E-state index in [-0.39, 0.29) is 11.7 Å². The van der Waals surface area contributed by atoms with Crippen LogP contribution in [-0.2, 0) is 4.79 Å². The molecule has 0 spiro atoms. The number of hydrogen-bond donors (Lipinski definition) is 1. The number of amides is 1. The molecular formula is C21H22N4OS. The van der Waals surface area contributed by atoms with Gasteiger partial charge in [-0.15, -0.1) is 11.8 Å². The lowest BCUT2D eigenvalue weighted by Crippen LogP contribution is -2.21. The molecule has 5 nitrogen and oxygen atoms in total. The zero-order chi connectivity index (χ0) is 19.2. The van der Waals surface area contributed by atoms with Crippen LogP contribution in [0.4, 0.5) is 5.69 Å². The van der Waals surface area contributed by atoms with Crippen molar-refractivity contribution in [3.63, 3.8) is 0 Å². The molecule has 6 heteroatoms. The van der Waals surface area contributed by atoms with Crippen molar-refractivity contribution in [2.45, 2.75) is 11.8 Å². The smallest absolute Gasteiger partial charge is 0.250 e. The minimum atomic E-state index is -0.141. The van der Waals surface area contributed by atoms with Gasteiger partial charge >= 0.3 is 0 Å². The molecule has 0 saturated heterocycles. The molecule has 0 aliphatic carbocycles.